The molecule has 0 saturated carbocycles. The fourth-order valence-electron chi connectivity index (χ4n) is 3.22. The maximum Gasteiger partial charge on any atom is 0.276 e. The van der Waals surface area contributed by atoms with Crippen LogP contribution in [0.1, 0.15) is 28.5 Å². The summed E-state index contributed by atoms with van der Waals surface area (Å²) in [7, 11) is 0. The molecule has 0 radical (unpaired) electrons. The van der Waals surface area contributed by atoms with Gasteiger partial charge in [-0.25, -0.2) is 9.07 Å². The number of carbonyl (C=O) groups excluding carboxylic acids is 1. The highest BCUT2D eigenvalue weighted by Gasteiger charge is 2.29. The van der Waals surface area contributed by atoms with Gasteiger partial charge < -0.3 is 9.47 Å². The first kappa shape index (κ1) is 15.6. The number of aromatic nitrogens is 4. The average Bonchev–Trinajstić information content (AvgIpc) is 3.35. The molecule has 0 N–H and O–H groups in total. The molecular weight excluding hydrogens is 321 g/mol. The summed E-state index contributed by atoms with van der Waals surface area (Å²) >= 11 is 0. The van der Waals surface area contributed by atoms with Crippen molar-refractivity contribution in [2.45, 2.75) is 19.0 Å². The third kappa shape index (κ3) is 3.31. The first-order chi connectivity index (χ1) is 12.2. The Morgan fingerprint density at radius 3 is 2.88 bits per heavy atom. The van der Waals surface area contributed by atoms with Crippen molar-refractivity contribution in [2.75, 3.05) is 13.1 Å². The SMILES string of the molecule is O=C(c1cn(Cc2cccc(F)c2)nn1)N1CCC(n2cccc2)C1. The van der Waals surface area contributed by atoms with Crippen LogP contribution in [0.15, 0.2) is 55.0 Å². The van der Waals surface area contributed by atoms with Gasteiger partial charge in [-0.05, 0) is 36.2 Å². The first-order valence-corrected chi connectivity index (χ1v) is 8.25. The van der Waals surface area contributed by atoms with E-state index >= 15 is 0 Å². The molecule has 0 aliphatic carbocycles. The molecule has 1 aliphatic heterocycles. The number of carbonyl (C=O) groups is 1. The van der Waals surface area contributed by atoms with E-state index in [1.807, 2.05) is 30.6 Å². The molecule has 7 heteroatoms. The monoisotopic (exact) mass is 339 g/mol. The lowest BCUT2D eigenvalue weighted by atomic mass is 10.2. The van der Waals surface area contributed by atoms with Gasteiger partial charge >= 0.3 is 0 Å². The van der Waals surface area contributed by atoms with Crippen molar-refractivity contribution in [2.24, 2.45) is 0 Å². The molecule has 1 unspecified atom stereocenters. The van der Waals surface area contributed by atoms with Crippen LogP contribution in [-0.2, 0) is 6.54 Å². The lowest BCUT2D eigenvalue weighted by molar-refractivity contribution is 0.0782. The lowest BCUT2D eigenvalue weighted by Gasteiger charge is -2.15. The maximum atomic E-state index is 13.3. The Kier molecular flexibility index (Phi) is 4.05. The number of amides is 1. The van der Waals surface area contributed by atoms with E-state index in [1.54, 1.807) is 21.8 Å². The summed E-state index contributed by atoms with van der Waals surface area (Å²) in [4.78, 5) is 14.4. The third-order valence-electron chi connectivity index (χ3n) is 4.49. The minimum Gasteiger partial charge on any atom is -0.349 e. The molecule has 3 heterocycles. The highest BCUT2D eigenvalue weighted by atomic mass is 19.1. The number of nitrogens with zero attached hydrogens (tertiary/aromatic N) is 5. The standard InChI is InChI=1S/C18H18FN5O/c19-15-5-3-4-14(10-15)11-24-13-17(20-21-24)18(25)23-9-6-16(12-23)22-7-1-2-8-22/h1-5,7-8,10,13,16H,6,9,11-12H2. The molecule has 1 saturated heterocycles. The molecule has 1 aromatic carbocycles. The summed E-state index contributed by atoms with van der Waals surface area (Å²) in [5.41, 5.74) is 1.10. The molecule has 1 aliphatic rings. The van der Waals surface area contributed by atoms with Gasteiger partial charge in [0.1, 0.15) is 5.82 Å². The molecular formula is C18H18FN5O. The van der Waals surface area contributed by atoms with Gasteiger partial charge in [0.15, 0.2) is 5.69 Å². The maximum absolute atomic E-state index is 13.3. The summed E-state index contributed by atoms with van der Waals surface area (Å²) in [5, 5.41) is 7.98. The average molecular weight is 339 g/mol. The van der Waals surface area contributed by atoms with E-state index in [9.17, 15) is 9.18 Å². The minimum atomic E-state index is -0.290. The van der Waals surface area contributed by atoms with Gasteiger partial charge in [-0.1, -0.05) is 17.3 Å². The third-order valence-corrected chi connectivity index (χ3v) is 4.49. The van der Waals surface area contributed by atoms with Crippen LogP contribution in [0.3, 0.4) is 0 Å². The van der Waals surface area contributed by atoms with Gasteiger partial charge in [0, 0.05) is 25.5 Å². The molecule has 6 nitrogen and oxygen atoms in total. The van der Waals surface area contributed by atoms with Crippen LogP contribution in [-0.4, -0.2) is 43.5 Å². The van der Waals surface area contributed by atoms with Crippen molar-refractivity contribution < 1.29 is 9.18 Å². The Balaban J connectivity index is 1.42. The van der Waals surface area contributed by atoms with Crippen molar-refractivity contribution >= 4 is 5.91 Å². The second kappa shape index (κ2) is 6.51. The summed E-state index contributed by atoms with van der Waals surface area (Å²) in [6.07, 6.45) is 6.59. The zero-order chi connectivity index (χ0) is 17.2. The quantitative estimate of drug-likeness (QED) is 0.733. The molecule has 1 fully saturated rings. The van der Waals surface area contributed by atoms with Crippen LogP contribution in [0.4, 0.5) is 4.39 Å². The molecule has 3 aromatic rings. The molecule has 1 amide bonds. The van der Waals surface area contributed by atoms with Crippen molar-refractivity contribution in [3.05, 3.63) is 72.1 Å². The molecule has 2 aromatic heterocycles. The topological polar surface area (TPSA) is 56.0 Å². The van der Waals surface area contributed by atoms with Crippen molar-refractivity contribution in [3.8, 4) is 0 Å². The van der Waals surface area contributed by atoms with E-state index < -0.39 is 0 Å². The number of hydrogen-bond acceptors (Lipinski definition) is 3. The molecule has 0 bridgehead atoms. The highest BCUT2D eigenvalue weighted by Crippen LogP contribution is 2.22. The van der Waals surface area contributed by atoms with Gasteiger partial charge in [0.2, 0.25) is 0 Å². The largest absolute Gasteiger partial charge is 0.349 e. The fourth-order valence-corrected chi connectivity index (χ4v) is 3.22. The van der Waals surface area contributed by atoms with Gasteiger partial charge in [0.25, 0.3) is 5.91 Å². The van der Waals surface area contributed by atoms with E-state index in [2.05, 4.69) is 14.9 Å². The normalized spacial score (nSPS) is 17.2. The van der Waals surface area contributed by atoms with Crippen molar-refractivity contribution in [1.29, 1.82) is 0 Å². The van der Waals surface area contributed by atoms with E-state index in [0.717, 1.165) is 12.0 Å². The molecule has 0 spiro atoms. The van der Waals surface area contributed by atoms with Crippen molar-refractivity contribution in [3.63, 3.8) is 0 Å². The summed E-state index contributed by atoms with van der Waals surface area (Å²) < 4.78 is 16.9. The van der Waals surface area contributed by atoms with Crippen LogP contribution in [0.25, 0.3) is 0 Å². The number of halogens is 1. The Hall–Kier alpha value is -2.96. The number of hydrogen-bond donors (Lipinski definition) is 0. The Labute approximate surface area is 144 Å². The van der Waals surface area contributed by atoms with Crippen molar-refractivity contribution in [1.82, 2.24) is 24.5 Å². The van der Waals surface area contributed by atoms with Gasteiger partial charge in [-0.15, -0.1) is 5.10 Å². The van der Waals surface area contributed by atoms with Crippen LogP contribution in [0.2, 0.25) is 0 Å². The smallest absolute Gasteiger partial charge is 0.276 e. The zero-order valence-electron chi connectivity index (χ0n) is 13.6. The predicted molar refractivity (Wildman–Crippen MR) is 89.5 cm³/mol. The minimum absolute atomic E-state index is 0.111. The van der Waals surface area contributed by atoms with E-state index in [0.29, 0.717) is 31.4 Å². The zero-order valence-corrected chi connectivity index (χ0v) is 13.6. The number of likely N-dealkylation sites (tertiary alicyclic amines) is 1. The molecule has 128 valence electrons. The second-order valence-electron chi connectivity index (χ2n) is 6.26. The Bertz CT molecular complexity index is 873. The summed E-state index contributed by atoms with van der Waals surface area (Å²) in [6.45, 7) is 1.76. The molecule has 4 rings (SSSR count). The van der Waals surface area contributed by atoms with Crippen LogP contribution >= 0.6 is 0 Å². The molecule has 1 atom stereocenters. The predicted octanol–water partition coefficient (Wildman–Crippen LogP) is 2.35. The van der Waals surface area contributed by atoms with Crippen LogP contribution < -0.4 is 0 Å². The first-order valence-electron chi connectivity index (χ1n) is 8.25. The van der Waals surface area contributed by atoms with E-state index in [4.69, 9.17) is 0 Å². The van der Waals surface area contributed by atoms with Gasteiger partial charge in [-0.2, -0.15) is 0 Å². The van der Waals surface area contributed by atoms with E-state index in [1.165, 1.54) is 12.1 Å². The van der Waals surface area contributed by atoms with Crippen LogP contribution in [0, 0.1) is 5.82 Å². The molecule has 25 heavy (non-hydrogen) atoms. The van der Waals surface area contributed by atoms with Gasteiger partial charge in [-0.3, -0.25) is 4.79 Å². The Morgan fingerprint density at radius 2 is 2.08 bits per heavy atom. The fraction of sp³-hybridized carbons (Fsp3) is 0.278. The Morgan fingerprint density at radius 1 is 1.24 bits per heavy atom. The van der Waals surface area contributed by atoms with Crippen LogP contribution in [0.5, 0.6) is 0 Å². The number of benzene rings is 1. The van der Waals surface area contributed by atoms with Gasteiger partial charge in [0.05, 0.1) is 18.8 Å². The lowest BCUT2D eigenvalue weighted by Crippen LogP contribution is -2.29. The summed E-state index contributed by atoms with van der Waals surface area (Å²) in [6, 6.07) is 10.6. The van der Waals surface area contributed by atoms with E-state index in [-0.39, 0.29) is 11.7 Å². The summed E-state index contributed by atoms with van der Waals surface area (Å²) in [5.74, 6) is -0.401. The highest BCUT2D eigenvalue weighted by molar-refractivity contribution is 5.92. The number of rotatable bonds is 4. The second-order valence-corrected chi connectivity index (χ2v) is 6.26.